The van der Waals surface area contributed by atoms with Crippen molar-refractivity contribution >= 4 is 23.5 Å². The molecule has 1 aromatic heterocycles. The summed E-state index contributed by atoms with van der Waals surface area (Å²) in [7, 11) is 0. The molecule has 8 nitrogen and oxygen atoms in total. The maximum absolute atomic E-state index is 12.8. The van der Waals surface area contributed by atoms with Gasteiger partial charge in [0.15, 0.2) is 0 Å². The number of nitrogens with one attached hydrogen (secondary N) is 1. The van der Waals surface area contributed by atoms with E-state index in [1.807, 2.05) is 58.1 Å². The first kappa shape index (κ1) is 23.8. The standard InChI is InChI=1S/C28H31N5O3/c1-20(28(36)31-15-6-3-7-16-31)29-27(35)23-12-10-21(11-13-23)19-32-25-18-24(22-8-4-2-5-9-22)30-33(25)17-14-26(32)34/h2,4-5,8-13,18,20H,3,6-7,14-17,19H2,1H3,(H,29,35)/t20-/m1/s1. The molecule has 0 spiro atoms. The van der Waals surface area contributed by atoms with E-state index >= 15 is 0 Å². The average Bonchev–Trinajstić information content (AvgIpc) is 3.36. The van der Waals surface area contributed by atoms with Crippen LogP contribution in [0.4, 0.5) is 5.82 Å². The van der Waals surface area contributed by atoms with Gasteiger partial charge in [-0.2, -0.15) is 5.10 Å². The third-order valence-electron chi connectivity index (χ3n) is 6.89. The highest BCUT2D eigenvalue weighted by Gasteiger charge is 2.27. The van der Waals surface area contributed by atoms with Crippen LogP contribution in [0, 0.1) is 0 Å². The zero-order valence-electron chi connectivity index (χ0n) is 20.5. The molecule has 3 amide bonds. The quantitative estimate of drug-likeness (QED) is 0.578. The van der Waals surface area contributed by atoms with Crippen molar-refractivity contribution in [3.8, 4) is 11.3 Å². The minimum Gasteiger partial charge on any atom is -0.341 e. The molecule has 3 heterocycles. The number of likely N-dealkylation sites (tertiary alicyclic amines) is 1. The van der Waals surface area contributed by atoms with Crippen molar-refractivity contribution < 1.29 is 14.4 Å². The topological polar surface area (TPSA) is 87.5 Å². The SMILES string of the molecule is C[C@@H](NC(=O)c1ccc(CN2C(=O)CCn3nc(-c4ccccc4)cc32)cc1)C(=O)N1CCCCC1. The fourth-order valence-electron chi connectivity index (χ4n) is 4.85. The van der Waals surface area contributed by atoms with Gasteiger partial charge in [0, 0.05) is 36.7 Å². The zero-order chi connectivity index (χ0) is 25.1. The van der Waals surface area contributed by atoms with Gasteiger partial charge < -0.3 is 10.2 Å². The van der Waals surface area contributed by atoms with Gasteiger partial charge in [-0.3, -0.25) is 19.3 Å². The minimum atomic E-state index is -0.569. The van der Waals surface area contributed by atoms with Crippen LogP contribution in [-0.4, -0.2) is 51.5 Å². The number of rotatable bonds is 6. The third kappa shape index (κ3) is 5.03. The van der Waals surface area contributed by atoms with E-state index in [2.05, 4.69) is 5.32 Å². The first-order valence-corrected chi connectivity index (χ1v) is 12.6. The molecule has 0 aliphatic carbocycles. The van der Waals surface area contributed by atoms with Crippen LogP contribution in [0.5, 0.6) is 0 Å². The van der Waals surface area contributed by atoms with Crippen molar-refractivity contribution in [2.45, 2.75) is 51.7 Å². The Morgan fingerprint density at radius 3 is 2.42 bits per heavy atom. The molecule has 2 aromatic carbocycles. The van der Waals surface area contributed by atoms with Crippen molar-refractivity contribution in [1.82, 2.24) is 20.0 Å². The van der Waals surface area contributed by atoms with E-state index in [1.165, 1.54) is 0 Å². The maximum atomic E-state index is 12.8. The number of aryl methyl sites for hydroxylation is 1. The number of fused-ring (bicyclic) bond motifs is 1. The normalized spacial score (nSPS) is 16.4. The second-order valence-electron chi connectivity index (χ2n) is 9.48. The monoisotopic (exact) mass is 485 g/mol. The number of carbonyl (C=O) groups is 3. The summed E-state index contributed by atoms with van der Waals surface area (Å²) in [4.78, 5) is 41.7. The summed E-state index contributed by atoms with van der Waals surface area (Å²) < 4.78 is 1.88. The summed E-state index contributed by atoms with van der Waals surface area (Å²) in [6, 6.07) is 18.5. The number of aromatic nitrogens is 2. The van der Waals surface area contributed by atoms with Gasteiger partial charge in [-0.1, -0.05) is 42.5 Å². The third-order valence-corrected chi connectivity index (χ3v) is 6.89. The Morgan fingerprint density at radius 2 is 1.69 bits per heavy atom. The van der Waals surface area contributed by atoms with Crippen LogP contribution in [-0.2, 0) is 22.7 Å². The van der Waals surface area contributed by atoms with Gasteiger partial charge in [0.2, 0.25) is 11.8 Å². The molecule has 5 rings (SSSR count). The zero-order valence-corrected chi connectivity index (χ0v) is 20.5. The van der Waals surface area contributed by atoms with Gasteiger partial charge in [-0.25, -0.2) is 4.68 Å². The molecule has 1 atom stereocenters. The van der Waals surface area contributed by atoms with Crippen molar-refractivity contribution in [2.24, 2.45) is 0 Å². The number of carbonyl (C=O) groups excluding carboxylic acids is 3. The lowest BCUT2D eigenvalue weighted by molar-refractivity contribution is -0.133. The van der Waals surface area contributed by atoms with Crippen molar-refractivity contribution in [3.05, 3.63) is 71.8 Å². The van der Waals surface area contributed by atoms with Crippen LogP contribution in [0.2, 0.25) is 0 Å². The molecule has 0 radical (unpaired) electrons. The second-order valence-corrected chi connectivity index (χ2v) is 9.48. The number of benzene rings is 2. The number of anilines is 1. The van der Waals surface area contributed by atoms with E-state index in [0.717, 1.165) is 55.0 Å². The summed E-state index contributed by atoms with van der Waals surface area (Å²) in [5.41, 5.74) is 3.24. The molecule has 0 saturated carbocycles. The van der Waals surface area contributed by atoms with Gasteiger partial charge in [-0.15, -0.1) is 0 Å². The Morgan fingerprint density at radius 1 is 0.972 bits per heavy atom. The molecule has 3 aromatic rings. The highest BCUT2D eigenvalue weighted by atomic mass is 16.2. The molecule has 1 N–H and O–H groups in total. The Balaban J connectivity index is 1.25. The van der Waals surface area contributed by atoms with Gasteiger partial charge in [0.25, 0.3) is 5.91 Å². The van der Waals surface area contributed by atoms with Crippen molar-refractivity contribution in [2.75, 3.05) is 18.0 Å². The van der Waals surface area contributed by atoms with E-state index in [4.69, 9.17) is 5.10 Å². The maximum Gasteiger partial charge on any atom is 0.251 e. The average molecular weight is 486 g/mol. The summed E-state index contributed by atoms with van der Waals surface area (Å²) in [6.07, 6.45) is 3.58. The van der Waals surface area contributed by atoms with E-state index < -0.39 is 6.04 Å². The van der Waals surface area contributed by atoms with Crippen LogP contribution >= 0.6 is 0 Å². The van der Waals surface area contributed by atoms with Crippen LogP contribution in [0.25, 0.3) is 11.3 Å². The number of hydrogen-bond donors (Lipinski definition) is 1. The Labute approximate surface area is 210 Å². The summed E-state index contributed by atoms with van der Waals surface area (Å²) in [5.74, 6) is 0.514. The fraction of sp³-hybridized carbons (Fsp3) is 0.357. The lowest BCUT2D eigenvalue weighted by Gasteiger charge is -2.29. The van der Waals surface area contributed by atoms with Gasteiger partial charge in [0.1, 0.15) is 11.9 Å². The molecule has 8 heteroatoms. The molecule has 2 aliphatic rings. The Kier molecular flexibility index (Phi) is 6.84. The number of nitrogens with zero attached hydrogens (tertiary/aromatic N) is 4. The largest absolute Gasteiger partial charge is 0.341 e. The van der Waals surface area contributed by atoms with Crippen LogP contribution < -0.4 is 10.2 Å². The van der Waals surface area contributed by atoms with Crippen LogP contribution in [0.3, 0.4) is 0 Å². The molecule has 1 saturated heterocycles. The Bertz CT molecular complexity index is 1250. The van der Waals surface area contributed by atoms with Crippen molar-refractivity contribution in [1.29, 1.82) is 0 Å². The second kappa shape index (κ2) is 10.4. The first-order valence-electron chi connectivity index (χ1n) is 12.6. The highest BCUT2D eigenvalue weighted by Crippen LogP contribution is 2.29. The summed E-state index contributed by atoms with van der Waals surface area (Å²) in [5, 5.41) is 7.53. The lowest BCUT2D eigenvalue weighted by atomic mass is 10.1. The van der Waals surface area contributed by atoms with Crippen LogP contribution in [0.1, 0.15) is 48.5 Å². The van der Waals surface area contributed by atoms with E-state index in [1.54, 1.807) is 24.0 Å². The summed E-state index contributed by atoms with van der Waals surface area (Å²) in [6.45, 7) is 4.21. The molecule has 0 bridgehead atoms. The summed E-state index contributed by atoms with van der Waals surface area (Å²) >= 11 is 0. The number of hydrogen-bond acceptors (Lipinski definition) is 4. The minimum absolute atomic E-state index is 0.0326. The van der Waals surface area contributed by atoms with E-state index in [0.29, 0.717) is 25.1 Å². The molecule has 2 aliphatic heterocycles. The molecule has 36 heavy (non-hydrogen) atoms. The predicted molar refractivity (Wildman–Crippen MR) is 137 cm³/mol. The lowest BCUT2D eigenvalue weighted by Crippen LogP contribution is -2.48. The first-order chi connectivity index (χ1) is 17.5. The number of piperidine rings is 1. The molecule has 0 unspecified atom stereocenters. The smallest absolute Gasteiger partial charge is 0.251 e. The molecule has 186 valence electrons. The number of amides is 3. The van der Waals surface area contributed by atoms with Gasteiger partial charge in [-0.05, 0) is 43.9 Å². The van der Waals surface area contributed by atoms with Crippen molar-refractivity contribution in [3.63, 3.8) is 0 Å². The highest BCUT2D eigenvalue weighted by molar-refractivity contribution is 5.97. The van der Waals surface area contributed by atoms with Crippen LogP contribution in [0.15, 0.2) is 60.7 Å². The fourth-order valence-corrected chi connectivity index (χ4v) is 4.85. The molecular formula is C28H31N5O3. The molecular weight excluding hydrogens is 454 g/mol. The van der Waals surface area contributed by atoms with Gasteiger partial charge >= 0.3 is 0 Å². The van der Waals surface area contributed by atoms with Gasteiger partial charge in [0.05, 0.1) is 18.8 Å². The van der Waals surface area contributed by atoms with E-state index in [9.17, 15) is 14.4 Å². The molecule has 1 fully saturated rings. The Hall–Kier alpha value is -3.94. The van der Waals surface area contributed by atoms with E-state index in [-0.39, 0.29) is 17.7 Å². The predicted octanol–water partition coefficient (Wildman–Crippen LogP) is 3.62.